The quantitative estimate of drug-likeness (QED) is 0.560. The number of hydrogen-bond donors (Lipinski definition) is 1. The highest BCUT2D eigenvalue weighted by atomic mass is 35.5. The topological polar surface area (TPSA) is 67.9 Å². The van der Waals surface area contributed by atoms with Gasteiger partial charge in [-0.05, 0) is 54.8 Å². The summed E-state index contributed by atoms with van der Waals surface area (Å²) in [5.41, 5.74) is 1.29. The number of carbonyl (C=O) groups excluding carboxylic acids is 2. The van der Waals surface area contributed by atoms with Gasteiger partial charge in [-0.1, -0.05) is 30.1 Å². The third kappa shape index (κ3) is 6.82. The van der Waals surface area contributed by atoms with Gasteiger partial charge in [-0.15, -0.1) is 0 Å². The Balaban J connectivity index is 2.02. The van der Waals surface area contributed by atoms with Gasteiger partial charge in [0, 0.05) is 18.0 Å². The number of methoxy groups -OCH3 is 2. The molecule has 2 amide bonds. The summed E-state index contributed by atoms with van der Waals surface area (Å²) in [5, 5.41) is 3.56. The third-order valence-electron chi connectivity index (χ3n) is 4.48. The van der Waals surface area contributed by atoms with E-state index in [1.807, 2.05) is 19.1 Å². The Labute approximate surface area is 187 Å². The zero-order chi connectivity index (χ0) is 22.1. The Morgan fingerprint density at radius 3 is 2.50 bits per heavy atom. The number of nitrogens with zero attached hydrogens (tertiary/aromatic N) is 1. The molecule has 6 nitrogen and oxygen atoms in total. The largest absolute Gasteiger partial charge is 0.497 e. The number of halogens is 2. The molecular formula is C22H26Cl2N2O4. The lowest BCUT2D eigenvalue weighted by molar-refractivity contribution is -0.134. The van der Waals surface area contributed by atoms with Crippen molar-refractivity contribution in [1.82, 2.24) is 4.90 Å². The van der Waals surface area contributed by atoms with Gasteiger partial charge in [0.2, 0.25) is 11.8 Å². The number of ether oxygens (including phenoxy) is 2. The summed E-state index contributed by atoms with van der Waals surface area (Å²) >= 11 is 12.1. The molecular weight excluding hydrogens is 427 g/mol. The molecule has 2 aromatic rings. The van der Waals surface area contributed by atoms with Crippen LogP contribution in [-0.2, 0) is 16.0 Å². The first kappa shape index (κ1) is 23.8. The van der Waals surface area contributed by atoms with Gasteiger partial charge >= 0.3 is 0 Å². The average molecular weight is 453 g/mol. The molecule has 0 aliphatic rings. The monoisotopic (exact) mass is 452 g/mol. The van der Waals surface area contributed by atoms with Gasteiger partial charge in [-0.25, -0.2) is 0 Å². The molecule has 0 aliphatic heterocycles. The Kier molecular flexibility index (Phi) is 9.27. The first-order chi connectivity index (χ1) is 14.4. The zero-order valence-electron chi connectivity index (χ0n) is 17.3. The van der Waals surface area contributed by atoms with Crippen LogP contribution in [0.2, 0.25) is 10.0 Å². The van der Waals surface area contributed by atoms with Gasteiger partial charge in [0.15, 0.2) is 0 Å². The minimum Gasteiger partial charge on any atom is -0.497 e. The summed E-state index contributed by atoms with van der Waals surface area (Å²) < 4.78 is 10.6. The standard InChI is InChI=1S/C22H26Cl2N2O4/c1-4-11-26(14-21(27)25-19-13-16(23)6-8-18(19)24)22(28)10-5-15-12-17(29-2)7-9-20(15)30-3/h6-9,12-13H,4-5,10-11,14H2,1-3H3,(H,25,27). The SMILES string of the molecule is CCCN(CC(=O)Nc1cc(Cl)ccc1Cl)C(=O)CCc1cc(OC)ccc1OC. The molecule has 30 heavy (non-hydrogen) atoms. The van der Waals surface area contributed by atoms with E-state index in [4.69, 9.17) is 32.7 Å². The maximum atomic E-state index is 12.8. The van der Waals surface area contributed by atoms with E-state index in [2.05, 4.69) is 5.32 Å². The molecule has 2 aromatic carbocycles. The molecule has 1 N–H and O–H groups in total. The fraction of sp³-hybridized carbons (Fsp3) is 0.364. The first-order valence-electron chi connectivity index (χ1n) is 9.61. The second kappa shape index (κ2) is 11.7. The van der Waals surface area contributed by atoms with E-state index in [0.717, 1.165) is 12.0 Å². The van der Waals surface area contributed by atoms with Crippen LogP contribution in [0.4, 0.5) is 5.69 Å². The molecule has 8 heteroatoms. The summed E-state index contributed by atoms with van der Waals surface area (Å²) in [6.45, 7) is 2.37. The Hall–Kier alpha value is -2.44. The average Bonchev–Trinajstić information content (AvgIpc) is 2.74. The van der Waals surface area contributed by atoms with Crippen LogP contribution in [0.1, 0.15) is 25.3 Å². The molecule has 162 valence electrons. The van der Waals surface area contributed by atoms with Crippen molar-refractivity contribution in [2.45, 2.75) is 26.2 Å². The van der Waals surface area contributed by atoms with Crippen molar-refractivity contribution in [3.63, 3.8) is 0 Å². The van der Waals surface area contributed by atoms with E-state index in [1.54, 1.807) is 43.4 Å². The van der Waals surface area contributed by atoms with Gasteiger partial charge in [0.05, 0.1) is 31.5 Å². The predicted octanol–water partition coefficient (Wildman–Crippen LogP) is 4.82. The summed E-state index contributed by atoms with van der Waals surface area (Å²) in [6, 6.07) is 10.3. The molecule has 2 rings (SSSR count). The lowest BCUT2D eigenvalue weighted by atomic mass is 10.1. The van der Waals surface area contributed by atoms with Crippen molar-refractivity contribution in [1.29, 1.82) is 0 Å². The van der Waals surface area contributed by atoms with Gasteiger partial charge in [0.1, 0.15) is 11.5 Å². The lowest BCUT2D eigenvalue weighted by Crippen LogP contribution is -2.38. The van der Waals surface area contributed by atoms with Crippen LogP contribution in [0.25, 0.3) is 0 Å². The molecule has 0 spiro atoms. The van der Waals surface area contributed by atoms with Crippen molar-refractivity contribution < 1.29 is 19.1 Å². The molecule has 0 radical (unpaired) electrons. The van der Waals surface area contributed by atoms with Crippen molar-refractivity contribution in [2.24, 2.45) is 0 Å². The van der Waals surface area contributed by atoms with Gasteiger partial charge in [-0.3, -0.25) is 9.59 Å². The Bertz CT molecular complexity index is 889. The van der Waals surface area contributed by atoms with E-state index in [9.17, 15) is 9.59 Å². The van der Waals surface area contributed by atoms with Crippen LogP contribution in [0.15, 0.2) is 36.4 Å². The van der Waals surface area contributed by atoms with Gasteiger partial charge in [0.25, 0.3) is 0 Å². The number of benzene rings is 2. The smallest absolute Gasteiger partial charge is 0.244 e. The summed E-state index contributed by atoms with van der Waals surface area (Å²) in [5.74, 6) is 0.939. The number of nitrogens with one attached hydrogen (secondary N) is 1. The third-order valence-corrected chi connectivity index (χ3v) is 5.04. The highest BCUT2D eigenvalue weighted by Crippen LogP contribution is 2.26. The molecule has 0 saturated heterocycles. The van der Waals surface area contributed by atoms with Crippen molar-refractivity contribution in [3.8, 4) is 11.5 Å². The van der Waals surface area contributed by atoms with Crippen LogP contribution in [0.5, 0.6) is 11.5 Å². The molecule has 0 atom stereocenters. The van der Waals surface area contributed by atoms with Crippen LogP contribution >= 0.6 is 23.2 Å². The first-order valence-corrected chi connectivity index (χ1v) is 10.4. The lowest BCUT2D eigenvalue weighted by Gasteiger charge is -2.22. The number of hydrogen-bond acceptors (Lipinski definition) is 4. The maximum absolute atomic E-state index is 12.8. The number of carbonyl (C=O) groups is 2. The molecule has 0 bridgehead atoms. The fourth-order valence-corrected chi connectivity index (χ4v) is 3.33. The van der Waals surface area contributed by atoms with Crippen molar-refractivity contribution in [3.05, 3.63) is 52.0 Å². The highest BCUT2D eigenvalue weighted by Gasteiger charge is 2.18. The molecule has 0 aromatic heterocycles. The summed E-state index contributed by atoms with van der Waals surface area (Å²) in [7, 11) is 3.17. The predicted molar refractivity (Wildman–Crippen MR) is 120 cm³/mol. The number of anilines is 1. The second-order valence-electron chi connectivity index (χ2n) is 6.67. The fourth-order valence-electron chi connectivity index (χ4n) is 3.00. The number of rotatable bonds is 10. The number of aryl methyl sites for hydroxylation is 1. The zero-order valence-corrected chi connectivity index (χ0v) is 18.8. The van der Waals surface area contributed by atoms with Crippen molar-refractivity contribution >= 4 is 40.7 Å². The van der Waals surface area contributed by atoms with Gasteiger partial charge < -0.3 is 19.7 Å². The highest BCUT2D eigenvalue weighted by molar-refractivity contribution is 6.35. The van der Waals surface area contributed by atoms with Gasteiger partial charge in [-0.2, -0.15) is 0 Å². The summed E-state index contributed by atoms with van der Waals surface area (Å²) in [6.07, 6.45) is 1.45. The van der Waals surface area contributed by atoms with Crippen molar-refractivity contribution in [2.75, 3.05) is 32.6 Å². The molecule has 0 fully saturated rings. The van der Waals surface area contributed by atoms with Crippen LogP contribution in [0.3, 0.4) is 0 Å². The number of amides is 2. The molecule has 0 unspecified atom stereocenters. The minimum atomic E-state index is -0.333. The minimum absolute atomic E-state index is 0.0647. The van der Waals surface area contributed by atoms with E-state index in [1.165, 1.54) is 0 Å². The Morgan fingerprint density at radius 1 is 1.07 bits per heavy atom. The van der Waals surface area contributed by atoms with E-state index >= 15 is 0 Å². The van der Waals surface area contributed by atoms with E-state index in [0.29, 0.717) is 40.2 Å². The maximum Gasteiger partial charge on any atom is 0.244 e. The molecule has 0 heterocycles. The molecule has 0 saturated carbocycles. The van der Waals surface area contributed by atoms with Crippen LogP contribution in [-0.4, -0.2) is 44.0 Å². The van der Waals surface area contributed by atoms with E-state index < -0.39 is 0 Å². The molecule has 0 aliphatic carbocycles. The second-order valence-corrected chi connectivity index (χ2v) is 7.51. The normalized spacial score (nSPS) is 10.4. The van der Waals surface area contributed by atoms with Crippen LogP contribution in [0, 0.1) is 0 Å². The summed E-state index contributed by atoms with van der Waals surface area (Å²) in [4.78, 5) is 26.8. The Morgan fingerprint density at radius 2 is 1.83 bits per heavy atom. The van der Waals surface area contributed by atoms with E-state index in [-0.39, 0.29) is 24.8 Å². The van der Waals surface area contributed by atoms with Crippen LogP contribution < -0.4 is 14.8 Å².